The van der Waals surface area contributed by atoms with Crippen LogP contribution in [0.4, 0.5) is 4.79 Å². The van der Waals surface area contributed by atoms with Crippen LogP contribution < -0.4 is 10.6 Å². The predicted octanol–water partition coefficient (Wildman–Crippen LogP) is 5.10. The minimum atomic E-state index is -1.04. The van der Waals surface area contributed by atoms with Crippen molar-refractivity contribution in [3.05, 3.63) is 82.2 Å². The lowest BCUT2D eigenvalue weighted by molar-refractivity contribution is -0.144. The monoisotopic (exact) mass is 631 g/mol. The third-order valence-corrected chi connectivity index (χ3v) is 8.74. The fraction of sp³-hybridized carbons (Fsp3) is 0.529. The summed E-state index contributed by atoms with van der Waals surface area (Å²) < 4.78 is 5.46. The zero-order chi connectivity index (χ0) is 33.4. The molecular formula is C34H45N7O5. The van der Waals surface area contributed by atoms with Gasteiger partial charge in [0.15, 0.2) is 0 Å². The van der Waals surface area contributed by atoms with E-state index in [2.05, 4.69) is 20.7 Å². The Balaban J connectivity index is 1.59. The average molecular weight is 632 g/mol. The summed E-state index contributed by atoms with van der Waals surface area (Å²) in [6, 6.07) is 16.0. The summed E-state index contributed by atoms with van der Waals surface area (Å²) in [5.41, 5.74) is 10.1. The number of benzene rings is 2. The maximum Gasteiger partial charge on any atom is 0.410 e. The highest BCUT2D eigenvalue weighted by Crippen LogP contribution is 2.35. The first kappa shape index (κ1) is 34.3. The van der Waals surface area contributed by atoms with Crippen LogP contribution in [0.5, 0.6) is 0 Å². The number of fused-ring (bicyclic) bond motifs is 1. The number of amides is 4. The second-order valence-electron chi connectivity index (χ2n) is 13.0. The van der Waals surface area contributed by atoms with Crippen LogP contribution in [0.15, 0.2) is 65.8 Å². The number of nitrogens with one attached hydrogen (secondary N) is 2. The van der Waals surface area contributed by atoms with Crippen LogP contribution in [0.2, 0.25) is 0 Å². The lowest BCUT2D eigenvalue weighted by Gasteiger charge is -2.34. The SMILES string of the molecule is CC[C@@H](C(=O)N[C@@H]1C(=O)N2[C@@H](CC[C@@H]1CN=[N+]=[N-])CC[C@H]2C(=O)NC(c1ccccc1)c1ccccc1)N(C)C(=O)OC(C)(C)C. The van der Waals surface area contributed by atoms with Gasteiger partial charge in [0.25, 0.3) is 0 Å². The van der Waals surface area contributed by atoms with Crippen molar-refractivity contribution in [1.29, 1.82) is 0 Å². The van der Waals surface area contributed by atoms with Crippen molar-refractivity contribution in [1.82, 2.24) is 20.4 Å². The topological polar surface area (TPSA) is 157 Å². The lowest BCUT2D eigenvalue weighted by atomic mass is 9.93. The summed E-state index contributed by atoms with van der Waals surface area (Å²) in [4.78, 5) is 60.6. The van der Waals surface area contributed by atoms with Crippen LogP contribution in [0.25, 0.3) is 10.4 Å². The molecule has 2 saturated heterocycles. The Bertz CT molecular complexity index is 1380. The van der Waals surface area contributed by atoms with Crippen molar-refractivity contribution < 1.29 is 23.9 Å². The molecule has 2 aliphatic heterocycles. The Hall–Kier alpha value is -4.57. The van der Waals surface area contributed by atoms with Crippen molar-refractivity contribution in [3.8, 4) is 0 Å². The maximum atomic E-state index is 14.4. The molecule has 2 aliphatic rings. The predicted molar refractivity (Wildman–Crippen MR) is 173 cm³/mol. The van der Waals surface area contributed by atoms with Gasteiger partial charge >= 0.3 is 6.09 Å². The number of hydrogen-bond acceptors (Lipinski definition) is 6. The Kier molecular flexibility index (Phi) is 11.3. The smallest absolute Gasteiger partial charge is 0.410 e. The highest BCUT2D eigenvalue weighted by atomic mass is 16.6. The van der Waals surface area contributed by atoms with E-state index in [1.165, 1.54) is 11.9 Å². The van der Waals surface area contributed by atoms with E-state index in [4.69, 9.17) is 10.3 Å². The minimum Gasteiger partial charge on any atom is -0.444 e. The standard InChI is InChI=1S/C34H45N7O5/c1-6-26(40(5)33(45)46-34(2,3)4)30(42)38-29-24(21-36-39-35)17-18-25-19-20-27(41(25)32(29)44)31(43)37-28(22-13-9-7-10-14-22)23-15-11-8-12-16-23/h7-16,24-29H,6,17-21H2,1-5H3,(H,37,43)(H,38,42)/t24-,25+,26+,27+,29+/m1/s1. The number of rotatable bonds is 10. The highest BCUT2D eigenvalue weighted by molar-refractivity contribution is 5.95. The molecule has 2 aromatic carbocycles. The first-order chi connectivity index (χ1) is 21.9. The number of ether oxygens (including phenoxy) is 1. The van der Waals surface area contributed by atoms with E-state index in [1.807, 2.05) is 60.7 Å². The Morgan fingerprint density at radius 3 is 2.15 bits per heavy atom. The van der Waals surface area contributed by atoms with E-state index in [0.717, 1.165) is 11.1 Å². The quantitative estimate of drug-likeness (QED) is 0.212. The molecule has 5 atom stereocenters. The largest absolute Gasteiger partial charge is 0.444 e. The van der Waals surface area contributed by atoms with Crippen LogP contribution in [0.1, 0.15) is 77.0 Å². The van der Waals surface area contributed by atoms with Gasteiger partial charge in [-0.1, -0.05) is 72.7 Å². The van der Waals surface area contributed by atoms with Gasteiger partial charge in [-0.05, 0) is 75.5 Å². The molecule has 0 bridgehead atoms. The average Bonchev–Trinajstić information content (AvgIpc) is 3.42. The van der Waals surface area contributed by atoms with Crippen LogP contribution in [0, 0.1) is 5.92 Å². The molecule has 0 spiro atoms. The van der Waals surface area contributed by atoms with Gasteiger partial charge in [-0.3, -0.25) is 19.3 Å². The minimum absolute atomic E-state index is 0.00734. The number of azide groups is 1. The summed E-state index contributed by atoms with van der Waals surface area (Å²) >= 11 is 0. The van der Waals surface area contributed by atoms with Crippen LogP contribution in [-0.4, -0.2) is 77.0 Å². The number of likely N-dealkylation sites (N-methyl/N-ethyl adjacent to an activating group) is 1. The molecule has 2 N–H and O–H groups in total. The molecule has 4 amide bonds. The van der Waals surface area contributed by atoms with Gasteiger partial charge in [0.1, 0.15) is 23.7 Å². The fourth-order valence-electron chi connectivity index (χ4n) is 6.44. The molecular weight excluding hydrogens is 586 g/mol. The van der Waals surface area contributed by atoms with E-state index in [9.17, 15) is 19.2 Å². The van der Waals surface area contributed by atoms with Crippen molar-refractivity contribution >= 4 is 23.8 Å². The van der Waals surface area contributed by atoms with Gasteiger partial charge in [-0.25, -0.2) is 4.79 Å². The Morgan fingerprint density at radius 2 is 1.61 bits per heavy atom. The van der Waals surface area contributed by atoms with Crippen LogP contribution in [-0.2, 0) is 19.1 Å². The molecule has 46 heavy (non-hydrogen) atoms. The summed E-state index contributed by atoms with van der Waals surface area (Å²) in [5.74, 6) is -1.67. The molecule has 2 aromatic rings. The molecule has 12 heteroatoms. The normalized spacial score (nSPS) is 21.8. The number of carbonyl (C=O) groups excluding carboxylic acids is 4. The highest BCUT2D eigenvalue weighted by Gasteiger charge is 2.48. The fourth-order valence-corrected chi connectivity index (χ4v) is 6.44. The van der Waals surface area contributed by atoms with E-state index >= 15 is 0 Å². The molecule has 0 saturated carbocycles. The van der Waals surface area contributed by atoms with Gasteiger partial charge in [0.2, 0.25) is 17.7 Å². The Labute approximate surface area is 270 Å². The van der Waals surface area contributed by atoms with Gasteiger partial charge in [-0.2, -0.15) is 0 Å². The zero-order valence-electron chi connectivity index (χ0n) is 27.3. The van der Waals surface area contributed by atoms with Crippen molar-refractivity contribution in [3.63, 3.8) is 0 Å². The van der Waals surface area contributed by atoms with E-state index in [0.29, 0.717) is 25.7 Å². The van der Waals surface area contributed by atoms with Crippen LogP contribution in [0.3, 0.4) is 0 Å². The van der Waals surface area contributed by atoms with Gasteiger partial charge in [0, 0.05) is 24.5 Å². The van der Waals surface area contributed by atoms with Crippen molar-refractivity contribution in [2.24, 2.45) is 11.0 Å². The van der Waals surface area contributed by atoms with Gasteiger partial charge in [-0.15, -0.1) is 0 Å². The molecule has 0 unspecified atom stereocenters. The second kappa shape index (κ2) is 15.1. The Morgan fingerprint density at radius 1 is 1.02 bits per heavy atom. The van der Waals surface area contributed by atoms with E-state index in [1.54, 1.807) is 32.6 Å². The lowest BCUT2D eigenvalue weighted by Crippen LogP contribution is -2.59. The zero-order valence-corrected chi connectivity index (χ0v) is 27.3. The molecule has 12 nitrogen and oxygen atoms in total. The van der Waals surface area contributed by atoms with Crippen molar-refractivity contribution in [2.45, 2.75) is 95.6 Å². The summed E-state index contributed by atoms with van der Waals surface area (Å²) in [7, 11) is 1.49. The maximum absolute atomic E-state index is 14.4. The van der Waals surface area contributed by atoms with Gasteiger partial charge in [0.05, 0.1) is 6.04 Å². The molecule has 0 radical (unpaired) electrons. The third-order valence-electron chi connectivity index (χ3n) is 8.74. The molecule has 0 aromatic heterocycles. The summed E-state index contributed by atoms with van der Waals surface area (Å²) in [6.07, 6.45) is 1.86. The molecule has 2 heterocycles. The van der Waals surface area contributed by atoms with E-state index < -0.39 is 53.6 Å². The number of carbonyl (C=O) groups is 4. The number of nitrogens with zero attached hydrogens (tertiary/aromatic N) is 5. The first-order valence-corrected chi connectivity index (χ1v) is 15.9. The first-order valence-electron chi connectivity index (χ1n) is 15.9. The number of hydrogen-bond donors (Lipinski definition) is 2. The van der Waals surface area contributed by atoms with Crippen LogP contribution >= 0.6 is 0 Å². The molecule has 0 aliphatic carbocycles. The summed E-state index contributed by atoms with van der Waals surface area (Å²) in [5, 5.41) is 9.83. The van der Waals surface area contributed by atoms with E-state index in [-0.39, 0.29) is 24.9 Å². The molecule has 4 rings (SSSR count). The molecule has 246 valence electrons. The summed E-state index contributed by atoms with van der Waals surface area (Å²) in [6.45, 7) is 7.00. The van der Waals surface area contributed by atoms with Crippen molar-refractivity contribution in [2.75, 3.05) is 13.6 Å². The van der Waals surface area contributed by atoms with Gasteiger partial charge < -0.3 is 20.3 Å². The molecule has 2 fully saturated rings. The second-order valence-corrected chi connectivity index (χ2v) is 13.0. The third kappa shape index (κ3) is 8.17.